The minimum absolute atomic E-state index is 0.0467. The predicted octanol–water partition coefficient (Wildman–Crippen LogP) is 2.57. The standard InChI is InChI=1S/C19H19FN4O2/c20-16-3-1-2-13-10-17(23-18(13)16)19(25)24-8-9-26-12-15(24)5-4-14-11-21-6-7-22-14/h1-3,6-7,10-11,15,23H,4-5,8-9,12H2. The van der Waals surface area contributed by atoms with Gasteiger partial charge in [-0.15, -0.1) is 0 Å². The Morgan fingerprint density at radius 1 is 1.38 bits per heavy atom. The second-order valence-electron chi connectivity index (χ2n) is 6.35. The fourth-order valence-corrected chi connectivity index (χ4v) is 3.32. The normalized spacial score (nSPS) is 17.6. The lowest BCUT2D eigenvalue weighted by Gasteiger charge is -2.35. The Balaban J connectivity index is 1.52. The summed E-state index contributed by atoms with van der Waals surface area (Å²) in [4.78, 5) is 26.1. The molecule has 0 radical (unpaired) electrons. The maximum atomic E-state index is 13.9. The van der Waals surface area contributed by atoms with Gasteiger partial charge in [-0.1, -0.05) is 12.1 Å². The lowest BCUT2D eigenvalue weighted by Crippen LogP contribution is -2.49. The first-order chi connectivity index (χ1) is 12.7. The van der Waals surface area contributed by atoms with Crippen molar-refractivity contribution in [2.75, 3.05) is 19.8 Å². The molecule has 1 fully saturated rings. The van der Waals surface area contributed by atoms with Crippen molar-refractivity contribution in [2.24, 2.45) is 0 Å². The molecule has 134 valence electrons. The first-order valence-electron chi connectivity index (χ1n) is 8.63. The third kappa shape index (κ3) is 3.30. The summed E-state index contributed by atoms with van der Waals surface area (Å²) >= 11 is 0. The molecule has 0 aliphatic carbocycles. The number of nitrogens with one attached hydrogen (secondary N) is 1. The molecule has 1 saturated heterocycles. The minimum Gasteiger partial charge on any atom is -0.377 e. The molecule has 1 N–H and O–H groups in total. The summed E-state index contributed by atoms with van der Waals surface area (Å²) in [5.41, 5.74) is 1.65. The van der Waals surface area contributed by atoms with Crippen LogP contribution in [0.25, 0.3) is 10.9 Å². The highest BCUT2D eigenvalue weighted by Crippen LogP contribution is 2.22. The van der Waals surface area contributed by atoms with E-state index in [1.165, 1.54) is 6.07 Å². The number of rotatable bonds is 4. The van der Waals surface area contributed by atoms with E-state index in [-0.39, 0.29) is 17.8 Å². The number of carbonyl (C=O) groups excluding carboxylic acids is 1. The Bertz CT molecular complexity index is 912. The van der Waals surface area contributed by atoms with E-state index < -0.39 is 0 Å². The number of aromatic nitrogens is 3. The van der Waals surface area contributed by atoms with Crippen molar-refractivity contribution >= 4 is 16.8 Å². The number of benzene rings is 1. The van der Waals surface area contributed by atoms with Crippen LogP contribution in [0.15, 0.2) is 42.9 Å². The zero-order chi connectivity index (χ0) is 17.9. The van der Waals surface area contributed by atoms with Gasteiger partial charge in [-0.2, -0.15) is 0 Å². The highest BCUT2D eigenvalue weighted by Gasteiger charge is 2.29. The quantitative estimate of drug-likeness (QED) is 0.782. The zero-order valence-corrected chi connectivity index (χ0v) is 14.2. The van der Waals surface area contributed by atoms with Gasteiger partial charge in [-0.05, 0) is 25.0 Å². The second-order valence-corrected chi connectivity index (χ2v) is 6.35. The van der Waals surface area contributed by atoms with E-state index in [0.29, 0.717) is 42.8 Å². The number of nitrogens with zero attached hydrogens (tertiary/aromatic N) is 3. The summed E-state index contributed by atoms with van der Waals surface area (Å²) in [6.45, 7) is 1.50. The highest BCUT2D eigenvalue weighted by molar-refractivity contribution is 5.98. The number of ether oxygens (including phenoxy) is 1. The van der Waals surface area contributed by atoms with E-state index in [9.17, 15) is 9.18 Å². The molecule has 6 nitrogen and oxygen atoms in total. The Labute approximate surface area is 150 Å². The number of H-pyrrole nitrogens is 1. The summed E-state index contributed by atoms with van der Waals surface area (Å²) in [6, 6.07) is 6.46. The van der Waals surface area contributed by atoms with Gasteiger partial charge in [0, 0.05) is 30.5 Å². The molecule has 1 unspecified atom stereocenters. The Kier molecular flexibility index (Phi) is 4.62. The van der Waals surface area contributed by atoms with Crippen LogP contribution in [0.4, 0.5) is 4.39 Å². The summed E-state index contributed by atoms with van der Waals surface area (Å²) in [7, 11) is 0. The van der Waals surface area contributed by atoms with Gasteiger partial charge in [0.1, 0.15) is 11.5 Å². The summed E-state index contributed by atoms with van der Waals surface area (Å²) in [5.74, 6) is -0.490. The Hall–Kier alpha value is -2.80. The first kappa shape index (κ1) is 16.7. The largest absolute Gasteiger partial charge is 0.377 e. The van der Waals surface area contributed by atoms with Crippen LogP contribution < -0.4 is 0 Å². The van der Waals surface area contributed by atoms with Gasteiger partial charge in [0.05, 0.1) is 30.5 Å². The van der Waals surface area contributed by atoms with E-state index in [1.54, 1.807) is 36.8 Å². The molecule has 26 heavy (non-hydrogen) atoms. The van der Waals surface area contributed by atoms with Gasteiger partial charge >= 0.3 is 0 Å². The molecular weight excluding hydrogens is 335 g/mol. The van der Waals surface area contributed by atoms with Crippen LogP contribution in [-0.2, 0) is 11.2 Å². The highest BCUT2D eigenvalue weighted by atomic mass is 19.1. The summed E-state index contributed by atoms with van der Waals surface area (Å²) in [5, 5.41) is 0.692. The van der Waals surface area contributed by atoms with E-state index in [4.69, 9.17) is 4.74 Å². The smallest absolute Gasteiger partial charge is 0.270 e. The monoisotopic (exact) mass is 354 g/mol. The maximum absolute atomic E-state index is 13.9. The predicted molar refractivity (Wildman–Crippen MR) is 94.3 cm³/mol. The van der Waals surface area contributed by atoms with Crippen LogP contribution in [-0.4, -0.2) is 51.6 Å². The molecule has 1 aliphatic heterocycles. The lowest BCUT2D eigenvalue weighted by molar-refractivity contribution is -0.00438. The molecule has 1 atom stereocenters. The van der Waals surface area contributed by atoms with Gasteiger partial charge in [0.25, 0.3) is 5.91 Å². The molecular formula is C19H19FN4O2. The lowest BCUT2D eigenvalue weighted by atomic mass is 10.1. The molecule has 2 aromatic heterocycles. The van der Waals surface area contributed by atoms with Crippen molar-refractivity contribution in [3.8, 4) is 0 Å². The Morgan fingerprint density at radius 3 is 3.12 bits per heavy atom. The second kappa shape index (κ2) is 7.21. The molecule has 4 rings (SSSR count). The fourth-order valence-electron chi connectivity index (χ4n) is 3.32. The topological polar surface area (TPSA) is 71.1 Å². The number of aryl methyl sites for hydroxylation is 1. The van der Waals surface area contributed by atoms with E-state index in [2.05, 4.69) is 15.0 Å². The van der Waals surface area contributed by atoms with Crippen molar-refractivity contribution in [3.63, 3.8) is 0 Å². The van der Waals surface area contributed by atoms with Crippen LogP contribution in [0.5, 0.6) is 0 Å². The number of amides is 1. The van der Waals surface area contributed by atoms with Gasteiger partial charge in [0.15, 0.2) is 0 Å². The maximum Gasteiger partial charge on any atom is 0.270 e. The molecule has 1 amide bonds. The number of hydrogen-bond acceptors (Lipinski definition) is 4. The summed E-state index contributed by atoms with van der Waals surface area (Å²) in [6.07, 6.45) is 6.48. The average Bonchev–Trinajstić information content (AvgIpc) is 3.13. The number of halogens is 1. The third-order valence-electron chi connectivity index (χ3n) is 4.67. The van der Waals surface area contributed by atoms with Crippen LogP contribution in [0, 0.1) is 5.82 Å². The van der Waals surface area contributed by atoms with E-state index in [0.717, 1.165) is 12.1 Å². The third-order valence-corrected chi connectivity index (χ3v) is 4.67. The number of morpholine rings is 1. The minimum atomic E-state index is -0.359. The molecule has 7 heteroatoms. The average molecular weight is 354 g/mol. The molecule has 0 saturated carbocycles. The van der Waals surface area contributed by atoms with Crippen LogP contribution in [0.1, 0.15) is 22.6 Å². The molecule has 3 aromatic rings. The number of hydrogen-bond donors (Lipinski definition) is 1. The van der Waals surface area contributed by atoms with Gasteiger partial charge in [-0.25, -0.2) is 4.39 Å². The van der Waals surface area contributed by atoms with Crippen molar-refractivity contribution < 1.29 is 13.9 Å². The SMILES string of the molecule is O=C(c1cc2cccc(F)c2[nH]1)N1CCOCC1CCc1cnccn1. The first-order valence-corrected chi connectivity index (χ1v) is 8.63. The number of aromatic amines is 1. The van der Waals surface area contributed by atoms with Crippen molar-refractivity contribution in [1.82, 2.24) is 19.9 Å². The van der Waals surface area contributed by atoms with Crippen LogP contribution >= 0.6 is 0 Å². The molecule has 1 aliphatic rings. The van der Waals surface area contributed by atoms with Gasteiger partial charge in [0.2, 0.25) is 0 Å². The van der Waals surface area contributed by atoms with E-state index in [1.807, 2.05) is 4.90 Å². The van der Waals surface area contributed by atoms with Crippen molar-refractivity contribution in [2.45, 2.75) is 18.9 Å². The fraction of sp³-hybridized carbons (Fsp3) is 0.316. The van der Waals surface area contributed by atoms with Crippen LogP contribution in [0.2, 0.25) is 0 Å². The van der Waals surface area contributed by atoms with Gasteiger partial charge < -0.3 is 14.6 Å². The summed E-state index contributed by atoms with van der Waals surface area (Å²) < 4.78 is 19.5. The van der Waals surface area contributed by atoms with E-state index >= 15 is 0 Å². The number of fused-ring (bicyclic) bond motifs is 1. The molecule has 0 spiro atoms. The Morgan fingerprint density at radius 2 is 2.31 bits per heavy atom. The molecule has 1 aromatic carbocycles. The van der Waals surface area contributed by atoms with Gasteiger partial charge in [-0.3, -0.25) is 14.8 Å². The molecule has 0 bridgehead atoms. The van der Waals surface area contributed by atoms with Crippen molar-refractivity contribution in [1.29, 1.82) is 0 Å². The van der Waals surface area contributed by atoms with Crippen LogP contribution in [0.3, 0.4) is 0 Å². The van der Waals surface area contributed by atoms with Crippen molar-refractivity contribution in [3.05, 3.63) is 60.1 Å². The number of para-hydroxylation sites is 1. The molecule has 3 heterocycles. The number of carbonyl (C=O) groups is 1. The zero-order valence-electron chi connectivity index (χ0n) is 14.2.